The molecule has 6 rings (SSSR count). The topological polar surface area (TPSA) is 132 Å². The van der Waals surface area contributed by atoms with E-state index in [2.05, 4.69) is 16.0 Å². The number of nitrogen functional groups attached to an aromatic ring is 1. The zero-order valence-corrected chi connectivity index (χ0v) is 24.3. The quantitative estimate of drug-likeness (QED) is 0.195. The van der Waals surface area contributed by atoms with E-state index in [0.29, 0.717) is 68.8 Å². The third-order valence-corrected chi connectivity index (χ3v) is 8.22. The minimum atomic E-state index is -0.234. The number of ether oxygens (including phenoxy) is 2. The number of hydrogen-bond acceptors (Lipinski definition) is 8. The third-order valence-electron chi connectivity index (χ3n) is 7.48. The number of nitrogens with two attached hydrogens (primary N) is 1. The molecule has 1 amide bonds. The molecular formula is C30H27Cl2N7O3. The van der Waals surface area contributed by atoms with Crippen molar-refractivity contribution < 1.29 is 14.3 Å². The van der Waals surface area contributed by atoms with Crippen LogP contribution in [-0.4, -0.2) is 50.8 Å². The normalized spacial score (nSPS) is 17.2. The number of anilines is 1. The van der Waals surface area contributed by atoms with E-state index in [1.54, 1.807) is 36.3 Å². The average Bonchev–Trinajstić information content (AvgIpc) is 3.74. The van der Waals surface area contributed by atoms with E-state index in [1.807, 2.05) is 22.9 Å². The number of methoxy groups -OCH3 is 1. The number of allylic oxidation sites excluding steroid dienone is 1. The third kappa shape index (κ3) is 5.45. The second-order valence-corrected chi connectivity index (χ2v) is 11.2. The minimum Gasteiger partial charge on any atom is -0.493 e. The highest BCUT2D eigenvalue weighted by molar-refractivity contribution is 6.42. The van der Waals surface area contributed by atoms with Gasteiger partial charge in [0.1, 0.15) is 35.2 Å². The smallest absolute Gasteiger partial charge is 0.264 e. The Kier molecular flexibility index (Phi) is 7.62. The Morgan fingerprint density at radius 1 is 1.12 bits per heavy atom. The number of carbonyl (C=O) groups is 1. The van der Waals surface area contributed by atoms with E-state index >= 15 is 0 Å². The van der Waals surface area contributed by atoms with Gasteiger partial charge in [-0.2, -0.15) is 10.4 Å². The molecule has 0 spiro atoms. The lowest BCUT2D eigenvalue weighted by molar-refractivity contribution is -0.128. The molecule has 2 aromatic carbocycles. The molecule has 1 aliphatic heterocycles. The van der Waals surface area contributed by atoms with E-state index in [4.69, 9.17) is 43.5 Å². The van der Waals surface area contributed by atoms with Crippen molar-refractivity contribution in [2.75, 3.05) is 25.9 Å². The van der Waals surface area contributed by atoms with Gasteiger partial charge in [0, 0.05) is 24.7 Å². The molecule has 3 heterocycles. The first kappa shape index (κ1) is 27.8. The zero-order valence-electron chi connectivity index (χ0n) is 22.8. The molecule has 1 atom stereocenters. The summed E-state index contributed by atoms with van der Waals surface area (Å²) in [6.07, 6.45) is 6.83. The molecule has 2 aliphatic rings. The maximum Gasteiger partial charge on any atom is 0.264 e. The number of nitriles is 1. The van der Waals surface area contributed by atoms with E-state index in [1.165, 1.54) is 6.33 Å². The monoisotopic (exact) mass is 603 g/mol. The van der Waals surface area contributed by atoms with Crippen molar-refractivity contribution >= 4 is 46.0 Å². The van der Waals surface area contributed by atoms with Gasteiger partial charge >= 0.3 is 0 Å². The lowest BCUT2D eigenvalue weighted by atomic mass is 10.0. The van der Waals surface area contributed by atoms with E-state index in [-0.39, 0.29) is 17.5 Å². The van der Waals surface area contributed by atoms with Gasteiger partial charge in [-0.15, -0.1) is 0 Å². The van der Waals surface area contributed by atoms with Gasteiger partial charge in [0.25, 0.3) is 5.91 Å². The fourth-order valence-electron chi connectivity index (χ4n) is 5.18. The SMILES string of the molecule is COc1cc(-c2nn(C3CCCN(C(=O)C(C#N)=CC4CC4)C3)c3ncnc(N)c23)ccc1Oc1ccc(Cl)c(Cl)c1. The van der Waals surface area contributed by atoms with E-state index < -0.39 is 0 Å². The number of aromatic nitrogens is 4. The van der Waals surface area contributed by atoms with Crippen molar-refractivity contribution in [3.8, 4) is 34.6 Å². The molecule has 0 radical (unpaired) electrons. The lowest BCUT2D eigenvalue weighted by Gasteiger charge is -2.32. The number of halogens is 2. The number of rotatable bonds is 7. The summed E-state index contributed by atoms with van der Waals surface area (Å²) in [5.74, 6) is 1.84. The Bertz CT molecular complexity index is 1760. The van der Waals surface area contributed by atoms with Gasteiger partial charge in [-0.1, -0.05) is 29.3 Å². The number of amides is 1. The van der Waals surface area contributed by atoms with Crippen LogP contribution in [0.4, 0.5) is 5.82 Å². The van der Waals surface area contributed by atoms with Gasteiger partial charge < -0.3 is 20.1 Å². The number of fused-ring (bicyclic) bond motifs is 1. The summed E-state index contributed by atoms with van der Waals surface area (Å²) in [4.78, 5) is 23.7. The summed E-state index contributed by atoms with van der Waals surface area (Å²) in [5.41, 5.74) is 8.45. The van der Waals surface area contributed by atoms with Crippen LogP contribution in [0.25, 0.3) is 22.3 Å². The molecule has 1 aliphatic carbocycles. The number of benzene rings is 2. The van der Waals surface area contributed by atoms with Gasteiger partial charge in [-0.25, -0.2) is 14.6 Å². The fourth-order valence-corrected chi connectivity index (χ4v) is 5.47. The summed E-state index contributed by atoms with van der Waals surface area (Å²) >= 11 is 12.2. The number of piperidine rings is 1. The van der Waals surface area contributed by atoms with Crippen molar-refractivity contribution in [1.29, 1.82) is 5.26 Å². The second-order valence-electron chi connectivity index (χ2n) is 10.4. The molecule has 12 heteroatoms. The molecule has 1 saturated carbocycles. The second kappa shape index (κ2) is 11.5. The first-order valence-corrected chi connectivity index (χ1v) is 14.3. The molecule has 0 bridgehead atoms. The Hall–Kier alpha value is -4.33. The van der Waals surface area contributed by atoms with E-state index in [9.17, 15) is 10.1 Å². The first-order chi connectivity index (χ1) is 20.4. The molecule has 2 aromatic heterocycles. The van der Waals surface area contributed by atoms with Crippen LogP contribution < -0.4 is 15.2 Å². The van der Waals surface area contributed by atoms with Crippen LogP contribution in [0.15, 0.2) is 54.4 Å². The molecule has 4 aromatic rings. The minimum absolute atomic E-state index is 0.159. The Morgan fingerprint density at radius 3 is 2.69 bits per heavy atom. The van der Waals surface area contributed by atoms with Crippen LogP contribution in [0.2, 0.25) is 10.0 Å². The largest absolute Gasteiger partial charge is 0.493 e. The van der Waals surface area contributed by atoms with Crippen molar-refractivity contribution in [1.82, 2.24) is 24.6 Å². The summed E-state index contributed by atoms with van der Waals surface area (Å²) < 4.78 is 13.5. The Labute approximate surface area is 252 Å². The molecule has 10 nitrogen and oxygen atoms in total. The molecule has 214 valence electrons. The van der Waals surface area contributed by atoms with Crippen LogP contribution in [-0.2, 0) is 4.79 Å². The summed E-state index contributed by atoms with van der Waals surface area (Å²) in [6.45, 7) is 0.988. The summed E-state index contributed by atoms with van der Waals surface area (Å²) in [7, 11) is 1.55. The lowest BCUT2D eigenvalue weighted by Crippen LogP contribution is -2.41. The van der Waals surface area contributed by atoms with Gasteiger partial charge in [0.05, 0.1) is 28.6 Å². The predicted molar refractivity (Wildman–Crippen MR) is 160 cm³/mol. The van der Waals surface area contributed by atoms with Gasteiger partial charge in [-0.05, 0) is 61.9 Å². The van der Waals surface area contributed by atoms with Crippen molar-refractivity contribution in [3.63, 3.8) is 0 Å². The molecular weight excluding hydrogens is 577 g/mol. The summed E-state index contributed by atoms with van der Waals surface area (Å²) in [5, 5.41) is 16.0. The van der Waals surface area contributed by atoms with Crippen molar-refractivity contribution in [2.45, 2.75) is 31.7 Å². The highest BCUT2D eigenvalue weighted by atomic mass is 35.5. The molecule has 2 fully saturated rings. The van der Waals surface area contributed by atoms with Gasteiger partial charge in [0.2, 0.25) is 0 Å². The molecule has 42 heavy (non-hydrogen) atoms. The average molecular weight is 604 g/mol. The van der Waals surface area contributed by atoms with Gasteiger partial charge in [-0.3, -0.25) is 4.79 Å². The zero-order chi connectivity index (χ0) is 29.4. The maximum atomic E-state index is 13.2. The standard InChI is InChI=1S/C30H27Cl2N7O3/c1-41-25-12-18(6-9-24(25)42-21-7-8-22(31)23(32)13-21)27-26-28(34)35-16-36-29(26)39(37-27)20-3-2-10-38(15-20)30(40)19(14-33)11-17-4-5-17/h6-9,11-13,16-17,20H,2-5,10,15H2,1H3,(H2,34,35,36). The molecule has 2 N–H and O–H groups in total. The predicted octanol–water partition coefficient (Wildman–Crippen LogP) is 6.21. The number of hydrogen-bond donors (Lipinski definition) is 1. The number of carbonyl (C=O) groups excluding carboxylic acids is 1. The van der Waals surface area contributed by atoms with Crippen LogP contribution in [0.5, 0.6) is 17.2 Å². The number of likely N-dealkylation sites (tertiary alicyclic amines) is 1. The van der Waals surface area contributed by atoms with Crippen LogP contribution in [0.1, 0.15) is 31.7 Å². The molecule has 1 saturated heterocycles. The van der Waals surface area contributed by atoms with Gasteiger partial charge in [0.15, 0.2) is 17.1 Å². The fraction of sp³-hybridized carbons (Fsp3) is 0.300. The Morgan fingerprint density at radius 2 is 1.95 bits per heavy atom. The van der Waals surface area contributed by atoms with Crippen LogP contribution in [0.3, 0.4) is 0 Å². The van der Waals surface area contributed by atoms with Crippen molar-refractivity contribution in [2.24, 2.45) is 5.92 Å². The highest BCUT2D eigenvalue weighted by Gasteiger charge is 2.31. The summed E-state index contributed by atoms with van der Waals surface area (Å²) in [6, 6.07) is 12.4. The van der Waals surface area contributed by atoms with E-state index in [0.717, 1.165) is 31.2 Å². The van der Waals surface area contributed by atoms with Crippen molar-refractivity contribution in [3.05, 3.63) is 64.4 Å². The maximum absolute atomic E-state index is 13.2. The van der Waals surface area contributed by atoms with Crippen LogP contribution in [0, 0.1) is 17.2 Å². The highest BCUT2D eigenvalue weighted by Crippen LogP contribution is 2.40. The first-order valence-electron chi connectivity index (χ1n) is 13.6. The van der Waals surface area contributed by atoms with Crippen LogP contribution >= 0.6 is 23.2 Å². The molecule has 1 unspecified atom stereocenters. The number of nitrogens with zero attached hydrogens (tertiary/aromatic N) is 6. The Balaban J connectivity index is 1.33.